The molecule has 1 amide bonds. The Kier molecular flexibility index (Phi) is 4.89. The topological polar surface area (TPSA) is 59.1 Å². The number of nitrogens with zero attached hydrogens (tertiary/aromatic N) is 1. The number of carbonyl (C=O) groups is 2. The van der Waals surface area contributed by atoms with E-state index in [9.17, 15) is 9.59 Å². The quantitative estimate of drug-likeness (QED) is 0.481. The van der Waals surface area contributed by atoms with Gasteiger partial charge in [-0.05, 0) is 18.1 Å². The summed E-state index contributed by atoms with van der Waals surface area (Å²) < 4.78 is 0. The monoisotopic (exact) mass is 230 g/mol. The summed E-state index contributed by atoms with van der Waals surface area (Å²) in [7, 11) is 0. The fourth-order valence-electron chi connectivity index (χ4n) is 1.15. The highest BCUT2D eigenvalue weighted by Gasteiger charge is 1.99. The van der Waals surface area contributed by atoms with E-state index in [1.165, 1.54) is 13.8 Å². The highest BCUT2D eigenvalue weighted by molar-refractivity contribution is 5.92. The number of nitrogens with one attached hydrogen (secondary N) is 1. The van der Waals surface area contributed by atoms with Crippen molar-refractivity contribution in [2.24, 2.45) is 0 Å². The van der Waals surface area contributed by atoms with Crippen molar-refractivity contribution in [3.63, 3.8) is 0 Å². The van der Waals surface area contributed by atoms with Gasteiger partial charge in [0.15, 0.2) is 5.78 Å². The molecule has 17 heavy (non-hydrogen) atoms. The van der Waals surface area contributed by atoms with Crippen LogP contribution in [0.25, 0.3) is 0 Å². The smallest absolute Gasteiger partial charge is 0.216 e. The van der Waals surface area contributed by atoms with Crippen molar-refractivity contribution in [2.75, 3.05) is 6.54 Å². The molecule has 0 aliphatic heterocycles. The van der Waals surface area contributed by atoms with Crippen LogP contribution in [0.4, 0.5) is 0 Å². The lowest BCUT2D eigenvalue weighted by Crippen LogP contribution is -2.20. The number of aromatic nitrogens is 1. The van der Waals surface area contributed by atoms with Crippen molar-refractivity contribution in [2.45, 2.75) is 20.3 Å². The molecular formula is C13H14N2O2. The zero-order valence-electron chi connectivity index (χ0n) is 9.91. The minimum atomic E-state index is -0.0769. The van der Waals surface area contributed by atoms with Crippen LogP contribution in [0.3, 0.4) is 0 Å². The predicted octanol–water partition coefficient (Wildman–Crippen LogP) is 1.16. The van der Waals surface area contributed by atoms with Gasteiger partial charge in [0.25, 0.3) is 0 Å². The molecule has 0 spiro atoms. The van der Waals surface area contributed by atoms with Gasteiger partial charge in [0.1, 0.15) is 11.4 Å². The van der Waals surface area contributed by atoms with E-state index in [1.54, 1.807) is 18.2 Å². The maximum Gasteiger partial charge on any atom is 0.216 e. The number of ketones is 1. The minimum Gasteiger partial charge on any atom is -0.355 e. The van der Waals surface area contributed by atoms with E-state index in [-0.39, 0.29) is 11.7 Å². The van der Waals surface area contributed by atoms with Gasteiger partial charge in [-0.15, -0.1) is 0 Å². The Bertz CT molecular complexity index is 484. The van der Waals surface area contributed by atoms with Gasteiger partial charge < -0.3 is 5.32 Å². The van der Waals surface area contributed by atoms with Crippen molar-refractivity contribution < 1.29 is 9.59 Å². The number of hydrogen-bond donors (Lipinski definition) is 1. The van der Waals surface area contributed by atoms with E-state index in [0.717, 1.165) is 0 Å². The van der Waals surface area contributed by atoms with Crippen LogP contribution in [-0.2, 0) is 4.79 Å². The average Bonchev–Trinajstić information content (AvgIpc) is 2.28. The third-order valence-corrected chi connectivity index (χ3v) is 1.95. The van der Waals surface area contributed by atoms with Crippen molar-refractivity contribution in [1.82, 2.24) is 10.3 Å². The third kappa shape index (κ3) is 4.94. The maximum atomic E-state index is 11.1. The summed E-state index contributed by atoms with van der Waals surface area (Å²) in [6.45, 7) is 3.45. The Morgan fingerprint density at radius 2 is 2.12 bits per heavy atom. The molecule has 4 heteroatoms. The molecule has 1 aromatic heterocycles. The van der Waals surface area contributed by atoms with Crippen LogP contribution in [0.5, 0.6) is 0 Å². The zero-order valence-corrected chi connectivity index (χ0v) is 9.91. The molecule has 0 atom stereocenters. The van der Waals surface area contributed by atoms with Gasteiger partial charge in [0.2, 0.25) is 5.91 Å². The highest BCUT2D eigenvalue weighted by atomic mass is 16.1. The van der Waals surface area contributed by atoms with E-state index >= 15 is 0 Å². The number of hydrogen-bond acceptors (Lipinski definition) is 3. The summed E-state index contributed by atoms with van der Waals surface area (Å²) in [6, 6.07) is 5.16. The van der Waals surface area contributed by atoms with Gasteiger partial charge in [0.05, 0.1) is 0 Å². The molecule has 88 valence electrons. The normalized spacial score (nSPS) is 9.06. The molecule has 0 radical (unpaired) electrons. The third-order valence-electron chi connectivity index (χ3n) is 1.95. The molecule has 0 aliphatic carbocycles. The van der Waals surface area contributed by atoms with Crippen molar-refractivity contribution in [3.8, 4) is 11.8 Å². The van der Waals surface area contributed by atoms with Crippen molar-refractivity contribution in [1.29, 1.82) is 0 Å². The van der Waals surface area contributed by atoms with Gasteiger partial charge in [0, 0.05) is 26.8 Å². The first-order valence-electron chi connectivity index (χ1n) is 5.31. The Labute approximate surface area is 100 Å². The molecule has 0 saturated heterocycles. The summed E-state index contributed by atoms with van der Waals surface area (Å²) in [4.78, 5) is 25.8. The first-order valence-corrected chi connectivity index (χ1v) is 5.31. The SMILES string of the molecule is CC(=O)NCCC#Cc1cccc(C(C)=O)n1. The van der Waals surface area contributed by atoms with Gasteiger partial charge in [-0.2, -0.15) is 0 Å². The van der Waals surface area contributed by atoms with Crippen LogP contribution in [0.15, 0.2) is 18.2 Å². The lowest BCUT2D eigenvalue weighted by atomic mass is 10.2. The van der Waals surface area contributed by atoms with Gasteiger partial charge in [-0.3, -0.25) is 9.59 Å². The van der Waals surface area contributed by atoms with Crippen molar-refractivity contribution >= 4 is 11.7 Å². The van der Waals surface area contributed by atoms with E-state index in [2.05, 4.69) is 22.1 Å². The number of Topliss-reactive ketones (excluding diaryl/α,β-unsaturated/α-hetero) is 1. The number of amides is 1. The fourth-order valence-corrected chi connectivity index (χ4v) is 1.15. The second-order valence-corrected chi connectivity index (χ2v) is 3.50. The van der Waals surface area contributed by atoms with Gasteiger partial charge in [-0.1, -0.05) is 12.0 Å². The average molecular weight is 230 g/mol. The Hall–Kier alpha value is -2.15. The van der Waals surface area contributed by atoms with Crippen LogP contribution >= 0.6 is 0 Å². The lowest BCUT2D eigenvalue weighted by molar-refractivity contribution is -0.118. The molecule has 0 saturated carbocycles. The molecule has 1 rings (SSSR count). The predicted molar refractivity (Wildman–Crippen MR) is 64.4 cm³/mol. The van der Waals surface area contributed by atoms with E-state index < -0.39 is 0 Å². The van der Waals surface area contributed by atoms with Crippen LogP contribution in [0.1, 0.15) is 36.5 Å². The van der Waals surface area contributed by atoms with Crippen LogP contribution in [0.2, 0.25) is 0 Å². The second kappa shape index (κ2) is 6.44. The first kappa shape index (κ1) is 12.9. The van der Waals surface area contributed by atoms with Gasteiger partial charge >= 0.3 is 0 Å². The van der Waals surface area contributed by atoms with Crippen LogP contribution < -0.4 is 5.32 Å². The number of carbonyl (C=O) groups excluding carboxylic acids is 2. The Morgan fingerprint density at radius 1 is 1.35 bits per heavy atom. The van der Waals surface area contributed by atoms with Crippen molar-refractivity contribution in [3.05, 3.63) is 29.6 Å². The van der Waals surface area contributed by atoms with Crippen LogP contribution in [0, 0.1) is 11.8 Å². The lowest BCUT2D eigenvalue weighted by Gasteiger charge is -1.96. The number of pyridine rings is 1. The summed E-state index contributed by atoms with van der Waals surface area (Å²) >= 11 is 0. The molecule has 0 bridgehead atoms. The number of rotatable bonds is 3. The van der Waals surface area contributed by atoms with Gasteiger partial charge in [-0.25, -0.2) is 4.98 Å². The molecule has 0 aromatic carbocycles. The zero-order chi connectivity index (χ0) is 12.7. The van der Waals surface area contributed by atoms with E-state index in [4.69, 9.17) is 0 Å². The summed E-state index contributed by atoms with van der Waals surface area (Å²) in [5, 5.41) is 2.65. The molecule has 1 heterocycles. The highest BCUT2D eigenvalue weighted by Crippen LogP contribution is 1.98. The molecule has 1 N–H and O–H groups in total. The standard InChI is InChI=1S/C13H14N2O2/c1-10(16)13-8-5-7-12(15-13)6-3-4-9-14-11(2)17/h5,7-8H,4,9H2,1-2H3,(H,14,17). The summed E-state index contributed by atoms with van der Waals surface area (Å²) in [5.41, 5.74) is 0.985. The molecule has 1 aromatic rings. The van der Waals surface area contributed by atoms with E-state index in [0.29, 0.717) is 24.4 Å². The minimum absolute atomic E-state index is 0.0662. The molecule has 0 unspecified atom stereocenters. The molecular weight excluding hydrogens is 216 g/mol. The molecule has 4 nitrogen and oxygen atoms in total. The molecule has 0 fully saturated rings. The summed E-state index contributed by atoms with van der Waals surface area (Å²) in [5.74, 6) is 5.59. The fraction of sp³-hybridized carbons (Fsp3) is 0.308. The Morgan fingerprint density at radius 3 is 2.76 bits per heavy atom. The summed E-state index contributed by atoms with van der Waals surface area (Å²) in [6.07, 6.45) is 0.561. The second-order valence-electron chi connectivity index (χ2n) is 3.50. The Balaban J connectivity index is 2.56. The van der Waals surface area contributed by atoms with E-state index in [1.807, 2.05) is 0 Å². The molecule has 0 aliphatic rings. The largest absolute Gasteiger partial charge is 0.355 e. The first-order chi connectivity index (χ1) is 8.09. The maximum absolute atomic E-state index is 11.1. The van der Waals surface area contributed by atoms with Crippen LogP contribution in [-0.4, -0.2) is 23.2 Å².